The first kappa shape index (κ1) is 18.2. The molecule has 0 saturated heterocycles. The second-order valence-electron chi connectivity index (χ2n) is 6.24. The number of amides is 1. The van der Waals surface area contributed by atoms with Crippen LogP contribution in [0, 0.1) is 12.8 Å². The lowest BCUT2D eigenvalue weighted by Crippen LogP contribution is -2.26. The maximum Gasteiger partial charge on any atom is 0.523 e. The second-order valence-corrected chi connectivity index (χ2v) is 6.24. The molecule has 1 N–H and O–H groups in total. The van der Waals surface area contributed by atoms with Gasteiger partial charge in [-0.3, -0.25) is 9.53 Å². The number of fused-ring (bicyclic) bond motifs is 1. The molecular formula is C18H16F3NO4. The highest BCUT2D eigenvalue weighted by Crippen LogP contribution is 2.55. The Balaban J connectivity index is 1.74. The van der Waals surface area contributed by atoms with E-state index in [1.807, 2.05) is 0 Å². The first-order chi connectivity index (χ1) is 12.1. The molecule has 138 valence electrons. The van der Waals surface area contributed by atoms with E-state index in [4.69, 9.17) is 0 Å². The van der Waals surface area contributed by atoms with E-state index in [1.54, 1.807) is 37.3 Å². The van der Waals surface area contributed by atoms with Gasteiger partial charge in [0.25, 0.3) is 0 Å². The van der Waals surface area contributed by atoms with E-state index in [0.717, 1.165) is 23.8 Å². The van der Waals surface area contributed by atoms with E-state index < -0.39 is 23.8 Å². The Kier molecular flexibility index (Phi) is 4.39. The summed E-state index contributed by atoms with van der Waals surface area (Å²) >= 11 is 0. The fourth-order valence-corrected chi connectivity index (χ4v) is 3.07. The number of carbonyl (C=O) groups is 2. The molecule has 0 bridgehead atoms. The Hall–Kier alpha value is -2.61. The smallest absolute Gasteiger partial charge is 0.462 e. The number of ether oxygens (including phenoxy) is 2. The normalized spacial score (nSPS) is 23.7. The molecule has 1 amide bonds. The molecule has 1 saturated carbocycles. The van der Waals surface area contributed by atoms with Gasteiger partial charge in [0.1, 0.15) is 5.60 Å². The first-order valence-corrected chi connectivity index (χ1v) is 7.82. The van der Waals surface area contributed by atoms with Crippen LogP contribution in [0.4, 0.5) is 18.9 Å². The van der Waals surface area contributed by atoms with Crippen LogP contribution in [0.2, 0.25) is 0 Å². The molecule has 0 aliphatic heterocycles. The molecule has 5 nitrogen and oxygen atoms in total. The molecule has 1 aromatic rings. The Bertz CT molecular complexity index is 828. The van der Waals surface area contributed by atoms with Crippen LogP contribution in [0.5, 0.6) is 0 Å². The van der Waals surface area contributed by atoms with Crippen LogP contribution in [0.15, 0.2) is 36.4 Å². The predicted molar refractivity (Wildman–Crippen MR) is 86.9 cm³/mol. The van der Waals surface area contributed by atoms with E-state index in [0.29, 0.717) is 12.1 Å². The number of methoxy groups -OCH3 is 1. The monoisotopic (exact) mass is 367 g/mol. The van der Waals surface area contributed by atoms with Gasteiger partial charge in [-0.15, -0.1) is 13.2 Å². The number of benzene rings is 1. The molecule has 2 unspecified atom stereocenters. The molecule has 0 radical (unpaired) electrons. The van der Waals surface area contributed by atoms with Crippen molar-refractivity contribution < 1.29 is 32.2 Å². The Labute approximate surface area is 147 Å². The third-order valence-electron chi connectivity index (χ3n) is 4.40. The van der Waals surface area contributed by atoms with Crippen molar-refractivity contribution in [1.82, 2.24) is 0 Å². The van der Waals surface area contributed by atoms with Crippen LogP contribution in [-0.4, -0.2) is 30.9 Å². The van der Waals surface area contributed by atoms with Gasteiger partial charge in [0.2, 0.25) is 0 Å². The molecule has 2 aliphatic rings. The minimum absolute atomic E-state index is 0.291. The number of aryl methyl sites for hydroxylation is 1. The quantitative estimate of drug-likeness (QED) is 0.657. The summed E-state index contributed by atoms with van der Waals surface area (Å²) in [6.07, 6.45) is 0.455. The van der Waals surface area contributed by atoms with Crippen LogP contribution in [0.3, 0.4) is 0 Å². The lowest BCUT2D eigenvalue weighted by atomic mass is 9.94. The molecule has 2 aliphatic carbocycles. The van der Waals surface area contributed by atoms with E-state index in [9.17, 15) is 22.8 Å². The summed E-state index contributed by atoms with van der Waals surface area (Å²) < 4.78 is 46.0. The molecule has 2 atom stereocenters. The van der Waals surface area contributed by atoms with Crippen molar-refractivity contribution in [3.63, 3.8) is 0 Å². The van der Waals surface area contributed by atoms with Gasteiger partial charge in [0, 0.05) is 11.6 Å². The first-order valence-electron chi connectivity index (χ1n) is 7.82. The second kappa shape index (κ2) is 6.28. The Morgan fingerprint density at radius 2 is 2.04 bits per heavy atom. The maximum atomic E-state index is 12.5. The van der Waals surface area contributed by atoms with Crippen LogP contribution in [0.1, 0.15) is 17.5 Å². The van der Waals surface area contributed by atoms with Crippen molar-refractivity contribution in [2.24, 2.45) is 5.92 Å². The highest BCUT2D eigenvalue weighted by atomic mass is 19.4. The summed E-state index contributed by atoms with van der Waals surface area (Å²) in [5.74, 6) is -2.20. The van der Waals surface area contributed by atoms with E-state index >= 15 is 0 Å². The van der Waals surface area contributed by atoms with Crippen molar-refractivity contribution in [3.8, 4) is 0 Å². The summed E-state index contributed by atoms with van der Waals surface area (Å²) in [6, 6.07) is 5.02. The number of hydrogen-bond acceptors (Lipinski definition) is 4. The lowest BCUT2D eigenvalue weighted by molar-refractivity contribution is -0.343. The van der Waals surface area contributed by atoms with E-state index in [-0.39, 0.29) is 5.92 Å². The van der Waals surface area contributed by atoms with Crippen molar-refractivity contribution in [1.29, 1.82) is 0 Å². The van der Waals surface area contributed by atoms with Gasteiger partial charge in [0.05, 0.1) is 7.11 Å². The minimum Gasteiger partial charge on any atom is -0.462 e. The number of rotatable bonds is 3. The summed E-state index contributed by atoms with van der Waals surface area (Å²) in [5.41, 5.74) is 1.56. The maximum absolute atomic E-state index is 12.5. The number of hydrogen-bond donors (Lipinski definition) is 1. The molecule has 0 aromatic heterocycles. The zero-order valence-electron chi connectivity index (χ0n) is 14.0. The Morgan fingerprint density at radius 1 is 1.31 bits per heavy atom. The van der Waals surface area contributed by atoms with Gasteiger partial charge in [0.15, 0.2) is 0 Å². The van der Waals surface area contributed by atoms with Gasteiger partial charge in [-0.1, -0.05) is 24.3 Å². The number of carbonyl (C=O) groups excluding carboxylic acids is 2. The summed E-state index contributed by atoms with van der Waals surface area (Å²) in [7, 11) is 1.11. The van der Waals surface area contributed by atoms with Gasteiger partial charge in [-0.2, -0.15) is 0 Å². The van der Waals surface area contributed by atoms with Crippen LogP contribution in [0.25, 0.3) is 5.57 Å². The summed E-state index contributed by atoms with van der Waals surface area (Å²) in [5, 5.41) is 2.42. The van der Waals surface area contributed by atoms with Crippen molar-refractivity contribution in [2.45, 2.75) is 25.3 Å². The number of halogens is 3. The van der Waals surface area contributed by atoms with Crippen LogP contribution in [-0.2, 0) is 19.1 Å². The lowest BCUT2D eigenvalue weighted by Gasteiger charge is -2.20. The van der Waals surface area contributed by atoms with Gasteiger partial charge in [-0.05, 0) is 42.2 Å². The fourth-order valence-electron chi connectivity index (χ4n) is 3.07. The molecule has 8 heteroatoms. The standard InChI is InChI=1S/C18H16F3NO4/c1-10-7-13(22-15(23)16(24)25-2)3-4-14(10)11-5-6-17(9-12(17)8-11)26-18(19,20)21/h3-8,12H,9H2,1-2H3,(H,22,23). The third kappa shape index (κ3) is 3.65. The largest absolute Gasteiger partial charge is 0.523 e. The summed E-state index contributed by atoms with van der Waals surface area (Å²) in [4.78, 5) is 22.7. The number of allylic oxidation sites excluding steroid dienone is 2. The molecule has 0 heterocycles. The fraction of sp³-hybridized carbons (Fsp3) is 0.333. The number of esters is 1. The molecule has 26 heavy (non-hydrogen) atoms. The number of alkyl halides is 3. The molecule has 0 spiro atoms. The van der Waals surface area contributed by atoms with Gasteiger partial charge in [-0.25, -0.2) is 4.79 Å². The SMILES string of the molecule is COC(=O)C(=O)Nc1ccc(C2=CC3CC3(OC(F)(F)F)C=C2)c(C)c1. The van der Waals surface area contributed by atoms with Crippen molar-refractivity contribution >= 4 is 23.1 Å². The topological polar surface area (TPSA) is 64.6 Å². The van der Waals surface area contributed by atoms with Crippen LogP contribution < -0.4 is 5.32 Å². The molecular weight excluding hydrogens is 351 g/mol. The van der Waals surface area contributed by atoms with Gasteiger partial charge >= 0.3 is 18.2 Å². The zero-order valence-corrected chi connectivity index (χ0v) is 14.0. The van der Waals surface area contributed by atoms with Crippen molar-refractivity contribution in [2.75, 3.05) is 12.4 Å². The summed E-state index contributed by atoms with van der Waals surface area (Å²) in [6.45, 7) is 1.80. The zero-order chi connectivity index (χ0) is 19.1. The molecule has 3 rings (SSSR count). The molecule has 1 fully saturated rings. The van der Waals surface area contributed by atoms with E-state index in [1.165, 1.54) is 6.08 Å². The minimum atomic E-state index is -4.67. The van der Waals surface area contributed by atoms with Crippen molar-refractivity contribution in [3.05, 3.63) is 47.6 Å². The van der Waals surface area contributed by atoms with Crippen LogP contribution >= 0.6 is 0 Å². The number of anilines is 1. The van der Waals surface area contributed by atoms with E-state index in [2.05, 4.69) is 14.8 Å². The predicted octanol–water partition coefficient (Wildman–Crippen LogP) is 3.35. The van der Waals surface area contributed by atoms with Gasteiger partial charge < -0.3 is 10.1 Å². The Morgan fingerprint density at radius 3 is 2.62 bits per heavy atom. The highest BCUT2D eigenvalue weighted by Gasteiger charge is 2.59. The third-order valence-corrected chi connectivity index (χ3v) is 4.40. The number of nitrogens with one attached hydrogen (secondary N) is 1. The highest BCUT2D eigenvalue weighted by molar-refractivity contribution is 6.37. The average Bonchev–Trinajstić information content (AvgIpc) is 3.24. The molecule has 1 aromatic carbocycles. The average molecular weight is 367 g/mol.